The van der Waals surface area contributed by atoms with Gasteiger partial charge in [0, 0.05) is 12.4 Å². The zero-order valence-corrected chi connectivity index (χ0v) is 16.0. The Kier molecular flexibility index (Phi) is 14.6. The Hall–Kier alpha value is -1.13. The average Bonchev–Trinajstić information content (AvgIpc) is 3.05. The maximum absolute atomic E-state index is 6.11. The van der Waals surface area contributed by atoms with E-state index in [1.165, 1.54) is 0 Å². The molecule has 0 radical (unpaired) electrons. The predicted molar refractivity (Wildman–Crippen MR) is 98.7 cm³/mol. The first-order valence-corrected chi connectivity index (χ1v) is 8.36. The first kappa shape index (κ1) is 22.2. The average molecular weight is 375 g/mol. The van der Waals surface area contributed by atoms with E-state index in [-0.39, 0.29) is 0 Å². The van der Waals surface area contributed by atoms with E-state index in [0.29, 0.717) is 10.8 Å². The Labute approximate surface area is 142 Å². The molecule has 0 saturated heterocycles. The number of hydrogen-bond donors (Lipinski definition) is 1. The highest BCUT2D eigenvalue weighted by Crippen LogP contribution is 2.30. The summed E-state index contributed by atoms with van der Waals surface area (Å²) in [4.78, 5) is 11.3. The molecular formula is C16H25BrClN3. The van der Waals surface area contributed by atoms with Crippen LogP contribution in [0.25, 0.3) is 17.5 Å². The second-order valence-electron chi connectivity index (χ2n) is 2.87. The first-order chi connectivity index (χ1) is 10.2. The zero-order chi connectivity index (χ0) is 16.8. The number of hydrogen-bond acceptors (Lipinski definition) is 2. The molecule has 0 atom stereocenters. The van der Waals surface area contributed by atoms with E-state index < -0.39 is 0 Å². The lowest BCUT2D eigenvalue weighted by atomic mass is 10.3. The molecule has 0 aliphatic carbocycles. The number of aromatic nitrogens is 3. The van der Waals surface area contributed by atoms with Gasteiger partial charge < -0.3 is 4.98 Å². The summed E-state index contributed by atoms with van der Waals surface area (Å²) in [5.41, 5.74) is 1.61. The molecule has 2 aromatic heterocycles. The molecule has 0 amide bonds. The van der Waals surface area contributed by atoms with E-state index in [9.17, 15) is 0 Å². The van der Waals surface area contributed by atoms with Crippen molar-refractivity contribution in [2.24, 2.45) is 0 Å². The lowest BCUT2D eigenvalue weighted by Crippen LogP contribution is -1.85. The van der Waals surface area contributed by atoms with Crippen molar-refractivity contribution in [1.29, 1.82) is 0 Å². The van der Waals surface area contributed by atoms with Crippen molar-refractivity contribution in [1.82, 2.24) is 15.0 Å². The molecule has 0 aliphatic heterocycles. The summed E-state index contributed by atoms with van der Waals surface area (Å²) in [5, 5.41) is 0.593. The fourth-order valence-electron chi connectivity index (χ4n) is 1.16. The minimum atomic E-state index is 0.593. The summed E-state index contributed by atoms with van der Waals surface area (Å²) in [6.07, 6.45) is 6.69. The van der Waals surface area contributed by atoms with Gasteiger partial charge in [0.15, 0.2) is 0 Å². The number of H-pyrrole nitrogens is 1. The maximum atomic E-state index is 6.11. The molecule has 21 heavy (non-hydrogen) atoms. The van der Waals surface area contributed by atoms with E-state index in [2.05, 4.69) is 37.5 Å². The van der Waals surface area contributed by atoms with Crippen LogP contribution < -0.4 is 0 Å². The summed E-state index contributed by atoms with van der Waals surface area (Å²) >= 11 is 9.42. The maximum Gasteiger partial charge on any atom is 0.140 e. The molecule has 0 unspecified atom stereocenters. The molecule has 0 aromatic carbocycles. The summed E-state index contributed by atoms with van der Waals surface area (Å²) in [5.74, 6) is 0.684. The Morgan fingerprint density at radius 3 is 2.14 bits per heavy atom. The third-order valence-electron chi connectivity index (χ3n) is 1.91. The van der Waals surface area contributed by atoms with Crippen LogP contribution in [-0.2, 0) is 0 Å². The third kappa shape index (κ3) is 6.91. The van der Waals surface area contributed by atoms with E-state index in [4.69, 9.17) is 11.6 Å². The van der Waals surface area contributed by atoms with Gasteiger partial charge in [0.2, 0.25) is 0 Å². The van der Waals surface area contributed by atoms with Gasteiger partial charge in [0.25, 0.3) is 0 Å². The molecular weight excluding hydrogens is 350 g/mol. The molecule has 5 heteroatoms. The van der Waals surface area contributed by atoms with Crippen LogP contribution in [0.5, 0.6) is 0 Å². The van der Waals surface area contributed by atoms with Crippen molar-refractivity contribution in [3.63, 3.8) is 0 Å². The van der Waals surface area contributed by atoms with Crippen molar-refractivity contribution in [3.8, 4) is 11.4 Å². The van der Waals surface area contributed by atoms with Crippen molar-refractivity contribution in [2.45, 2.75) is 41.5 Å². The fraction of sp³-hybridized carbons (Fsp3) is 0.375. The number of aromatic amines is 1. The van der Waals surface area contributed by atoms with Gasteiger partial charge in [-0.25, -0.2) is 4.98 Å². The fourth-order valence-corrected chi connectivity index (χ4v) is 1.68. The predicted octanol–water partition coefficient (Wildman–Crippen LogP) is 6.61. The van der Waals surface area contributed by atoms with Gasteiger partial charge in [-0.1, -0.05) is 59.7 Å². The molecule has 118 valence electrons. The van der Waals surface area contributed by atoms with Crippen LogP contribution in [0.2, 0.25) is 5.02 Å². The van der Waals surface area contributed by atoms with Gasteiger partial charge in [0.05, 0.1) is 26.9 Å². The molecule has 1 N–H and O–H groups in total. The molecule has 2 heterocycles. The van der Waals surface area contributed by atoms with E-state index in [1.807, 2.05) is 41.5 Å². The van der Waals surface area contributed by atoms with Crippen LogP contribution in [-0.4, -0.2) is 15.0 Å². The van der Waals surface area contributed by atoms with Crippen molar-refractivity contribution in [3.05, 3.63) is 40.4 Å². The van der Waals surface area contributed by atoms with Crippen LogP contribution in [0.1, 0.15) is 47.2 Å². The lowest BCUT2D eigenvalue weighted by molar-refractivity contribution is 1.25. The molecule has 3 nitrogen and oxygen atoms in total. The third-order valence-corrected chi connectivity index (χ3v) is 3.14. The quantitative estimate of drug-likeness (QED) is 0.642. The second kappa shape index (κ2) is 13.8. The van der Waals surface area contributed by atoms with Crippen molar-refractivity contribution >= 4 is 33.6 Å². The summed E-state index contributed by atoms with van der Waals surface area (Å²) in [6.45, 7) is 15.6. The van der Waals surface area contributed by atoms with Gasteiger partial charge >= 0.3 is 0 Å². The first-order valence-electron chi connectivity index (χ1n) is 7.19. The number of imidazole rings is 1. The number of rotatable bonds is 2. The summed E-state index contributed by atoms with van der Waals surface area (Å²) in [7, 11) is 0. The van der Waals surface area contributed by atoms with Crippen LogP contribution in [0.3, 0.4) is 0 Å². The van der Waals surface area contributed by atoms with Crippen molar-refractivity contribution in [2.75, 3.05) is 0 Å². The Balaban J connectivity index is 0. The zero-order valence-electron chi connectivity index (χ0n) is 13.7. The Bertz CT molecular complexity index is 510. The summed E-state index contributed by atoms with van der Waals surface area (Å²) < 4.78 is 0.748. The Morgan fingerprint density at radius 1 is 1.10 bits per heavy atom. The van der Waals surface area contributed by atoms with Gasteiger partial charge in [-0.2, -0.15) is 0 Å². The Morgan fingerprint density at radius 2 is 1.67 bits per heavy atom. The van der Waals surface area contributed by atoms with Gasteiger partial charge in [-0.3, -0.25) is 4.98 Å². The minimum absolute atomic E-state index is 0.593. The number of nitrogens with zero attached hydrogens (tertiary/aromatic N) is 2. The van der Waals surface area contributed by atoms with Crippen LogP contribution in [0.15, 0.2) is 29.6 Å². The SMILES string of the molecule is C=Cc1cnc(-c2cncc(Br)c2Cl)[nH]1.CC.CC.CC. The van der Waals surface area contributed by atoms with Crippen molar-refractivity contribution < 1.29 is 0 Å². The van der Waals surface area contributed by atoms with Crippen LogP contribution >= 0.6 is 27.5 Å². The highest BCUT2D eigenvalue weighted by atomic mass is 79.9. The highest BCUT2D eigenvalue weighted by molar-refractivity contribution is 9.10. The molecule has 2 aromatic rings. The second-order valence-corrected chi connectivity index (χ2v) is 4.11. The topological polar surface area (TPSA) is 41.6 Å². The highest BCUT2D eigenvalue weighted by Gasteiger charge is 2.09. The van der Waals surface area contributed by atoms with E-state index in [0.717, 1.165) is 15.7 Å². The number of pyridine rings is 1. The van der Waals surface area contributed by atoms with Gasteiger partial charge in [0.1, 0.15) is 5.82 Å². The van der Waals surface area contributed by atoms with E-state index >= 15 is 0 Å². The largest absolute Gasteiger partial charge is 0.338 e. The van der Waals surface area contributed by atoms with Gasteiger partial charge in [-0.15, -0.1) is 0 Å². The monoisotopic (exact) mass is 373 g/mol. The summed E-state index contributed by atoms with van der Waals surface area (Å²) in [6, 6.07) is 0. The molecule has 0 spiro atoms. The number of halogens is 2. The van der Waals surface area contributed by atoms with Gasteiger partial charge in [-0.05, 0) is 22.0 Å². The molecule has 2 rings (SSSR count). The molecule has 0 fully saturated rings. The number of nitrogens with one attached hydrogen (secondary N) is 1. The smallest absolute Gasteiger partial charge is 0.140 e. The normalized spacial score (nSPS) is 8.19. The van der Waals surface area contributed by atoms with Crippen LogP contribution in [0.4, 0.5) is 0 Å². The lowest BCUT2D eigenvalue weighted by Gasteiger charge is -2.01. The van der Waals surface area contributed by atoms with Crippen LogP contribution in [0, 0.1) is 0 Å². The molecule has 0 saturated carbocycles. The standard InChI is InChI=1S/C10H7BrClN3.3C2H6/c1-2-6-3-14-10(15-6)7-4-13-5-8(11)9(7)12;3*1-2/h2-5H,1H2,(H,14,15);3*1-2H3. The van der Waals surface area contributed by atoms with E-state index in [1.54, 1.807) is 24.7 Å². The molecule has 0 aliphatic rings. The molecule has 0 bridgehead atoms. The minimum Gasteiger partial charge on any atom is -0.338 e.